The molecule has 0 saturated carbocycles. The van der Waals surface area contributed by atoms with Crippen LogP contribution >= 0.6 is 0 Å². The van der Waals surface area contributed by atoms with Crippen molar-refractivity contribution in [3.8, 4) is 0 Å². The summed E-state index contributed by atoms with van der Waals surface area (Å²) in [6.07, 6.45) is 0. The molecule has 1 fully saturated rings. The molecule has 112 valence electrons. The summed E-state index contributed by atoms with van der Waals surface area (Å²) in [5.74, 6) is 0. The predicted octanol–water partition coefficient (Wildman–Crippen LogP) is 2.36. The normalized spacial score (nSPS) is 20.0. The Kier molecular flexibility index (Phi) is 7.09. The molecule has 1 heterocycles. The zero-order chi connectivity index (χ0) is 15.4. The molecule has 1 aliphatic rings. The van der Waals surface area contributed by atoms with Gasteiger partial charge < -0.3 is 19.7 Å². The third-order valence-corrected chi connectivity index (χ3v) is 3.90. The molecule has 0 amide bonds. The van der Waals surface area contributed by atoms with Crippen LogP contribution in [0.3, 0.4) is 0 Å². The highest BCUT2D eigenvalue weighted by molar-refractivity contribution is 5.03. The monoisotopic (exact) mass is 264 g/mol. The van der Waals surface area contributed by atoms with E-state index in [0.29, 0.717) is 0 Å². The maximum atomic E-state index is 9.42. The molecule has 0 spiro atoms. The van der Waals surface area contributed by atoms with Crippen LogP contribution in [0.25, 0.3) is 0 Å². The van der Waals surface area contributed by atoms with Gasteiger partial charge in [-0.15, -0.1) is 0 Å². The topological polar surface area (TPSA) is 62.2 Å². The Labute approximate surface area is 112 Å². The highest BCUT2D eigenvalue weighted by Gasteiger charge is 2.55. The first-order valence-electron chi connectivity index (χ1n) is 6.19. The molecular formula is C14H32O4. The SMILES string of the molecule is CC1(C)OC1(C)C.CO.COC(C)(C)C(C)(C)O. The third kappa shape index (κ3) is 5.65. The summed E-state index contributed by atoms with van der Waals surface area (Å²) in [6.45, 7) is 15.6. The van der Waals surface area contributed by atoms with E-state index in [1.165, 1.54) is 0 Å². The molecule has 4 nitrogen and oxygen atoms in total. The molecule has 0 atom stereocenters. The van der Waals surface area contributed by atoms with Gasteiger partial charge in [0.1, 0.15) is 0 Å². The van der Waals surface area contributed by atoms with Crippen LogP contribution in [0.5, 0.6) is 0 Å². The molecule has 0 aromatic carbocycles. The van der Waals surface area contributed by atoms with Crippen LogP contribution in [0, 0.1) is 0 Å². The Hall–Kier alpha value is -0.160. The molecular weight excluding hydrogens is 232 g/mol. The quantitative estimate of drug-likeness (QED) is 0.752. The lowest BCUT2D eigenvalue weighted by Gasteiger charge is -2.35. The van der Waals surface area contributed by atoms with Crippen LogP contribution < -0.4 is 0 Å². The van der Waals surface area contributed by atoms with E-state index in [4.69, 9.17) is 14.6 Å². The summed E-state index contributed by atoms with van der Waals surface area (Å²) in [7, 11) is 2.60. The van der Waals surface area contributed by atoms with Crippen molar-refractivity contribution in [3.05, 3.63) is 0 Å². The van der Waals surface area contributed by atoms with E-state index in [9.17, 15) is 5.11 Å². The maximum absolute atomic E-state index is 9.42. The van der Waals surface area contributed by atoms with Crippen molar-refractivity contribution in [1.82, 2.24) is 0 Å². The van der Waals surface area contributed by atoms with Gasteiger partial charge in [-0.25, -0.2) is 0 Å². The van der Waals surface area contributed by atoms with Crippen LogP contribution in [-0.4, -0.2) is 46.8 Å². The summed E-state index contributed by atoms with van der Waals surface area (Å²) in [5.41, 5.74) is -0.950. The van der Waals surface area contributed by atoms with Gasteiger partial charge in [0, 0.05) is 14.2 Å². The summed E-state index contributed by atoms with van der Waals surface area (Å²) >= 11 is 0. The lowest BCUT2D eigenvalue weighted by Crippen LogP contribution is -2.46. The van der Waals surface area contributed by atoms with Crippen molar-refractivity contribution in [2.75, 3.05) is 14.2 Å². The van der Waals surface area contributed by atoms with Gasteiger partial charge in [-0.2, -0.15) is 0 Å². The number of hydrogen-bond acceptors (Lipinski definition) is 4. The number of epoxide rings is 1. The van der Waals surface area contributed by atoms with E-state index >= 15 is 0 Å². The van der Waals surface area contributed by atoms with Gasteiger partial charge in [-0.05, 0) is 55.4 Å². The predicted molar refractivity (Wildman–Crippen MR) is 74.8 cm³/mol. The number of ether oxygens (including phenoxy) is 2. The fourth-order valence-electron chi connectivity index (χ4n) is 0.862. The molecule has 0 bridgehead atoms. The standard InChI is InChI=1S/C7H16O2.C6H12O.CH4O/c1-6(2,8)7(3,4)9-5;1-5(2)6(3,4)7-5;1-2/h8H,1-5H3;1-4H3;2H,1H3. The van der Waals surface area contributed by atoms with E-state index in [0.717, 1.165) is 7.11 Å². The smallest absolute Gasteiger partial charge is 0.0918 e. The Balaban J connectivity index is 0. The highest BCUT2D eigenvalue weighted by Crippen LogP contribution is 2.46. The number of aliphatic hydroxyl groups excluding tert-OH is 1. The van der Waals surface area contributed by atoms with E-state index in [2.05, 4.69) is 27.7 Å². The maximum Gasteiger partial charge on any atom is 0.0918 e. The zero-order valence-electron chi connectivity index (χ0n) is 13.7. The first kappa shape index (κ1) is 20.2. The number of hydrogen-bond donors (Lipinski definition) is 2. The van der Waals surface area contributed by atoms with Crippen molar-refractivity contribution in [2.45, 2.75) is 77.8 Å². The fraction of sp³-hybridized carbons (Fsp3) is 1.00. The summed E-state index contributed by atoms with van der Waals surface area (Å²) in [6, 6.07) is 0. The van der Waals surface area contributed by atoms with E-state index in [1.807, 2.05) is 13.8 Å². The van der Waals surface area contributed by atoms with Gasteiger partial charge in [0.2, 0.25) is 0 Å². The minimum atomic E-state index is -0.776. The average molecular weight is 264 g/mol. The van der Waals surface area contributed by atoms with Crippen LogP contribution in [-0.2, 0) is 9.47 Å². The van der Waals surface area contributed by atoms with Crippen LogP contribution in [0.15, 0.2) is 0 Å². The van der Waals surface area contributed by atoms with Gasteiger partial charge in [0.25, 0.3) is 0 Å². The van der Waals surface area contributed by atoms with Crippen LogP contribution in [0.2, 0.25) is 0 Å². The van der Waals surface area contributed by atoms with Crippen molar-refractivity contribution in [2.24, 2.45) is 0 Å². The van der Waals surface area contributed by atoms with Crippen molar-refractivity contribution < 1.29 is 19.7 Å². The third-order valence-electron chi connectivity index (χ3n) is 3.90. The zero-order valence-corrected chi connectivity index (χ0v) is 13.7. The van der Waals surface area contributed by atoms with Gasteiger partial charge in [-0.1, -0.05) is 0 Å². The molecule has 1 saturated heterocycles. The number of methoxy groups -OCH3 is 1. The van der Waals surface area contributed by atoms with Gasteiger partial charge >= 0.3 is 0 Å². The Morgan fingerprint density at radius 1 is 0.889 bits per heavy atom. The minimum Gasteiger partial charge on any atom is -0.400 e. The summed E-state index contributed by atoms with van der Waals surface area (Å²) in [4.78, 5) is 0. The largest absolute Gasteiger partial charge is 0.400 e. The first-order chi connectivity index (χ1) is 7.77. The van der Waals surface area contributed by atoms with Crippen molar-refractivity contribution in [1.29, 1.82) is 0 Å². The average Bonchev–Trinajstić information content (AvgIpc) is 2.64. The highest BCUT2D eigenvalue weighted by atomic mass is 16.6. The van der Waals surface area contributed by atoms with Gasteiger partial charge in [-0.3, -0.25) is 0 Å². The molecule has 1 rings (SSSR count). The van der Waals surface area contributed by atoms with Crippen LogP contribution in [0.4, 0.5) is 0 Å². The van der Waals surface area contributed by atoms with E-state index in [1.54, 1.807) is 21.0 Å². The molecule has 0 aromatic heterocycles. The molecule has 2 N–H and O–H groups in total. The lowest BCUT2D eigenvalue weighted by molar-refractivity contribution is -0.129. The van der Waals surface area contributed by atoms with Crippen molar-refractivity contribution >= 4 is 0 Å². The molecule has 18 heavy (non-hydrogen) atoms. The Morgan fingerprint density at radius 3 is 1.11 bits per heavy atom. The second kappa shape index (κ2) is 6.33. The molecule has 1 aliphatic heterocycles. The molecule has 0 aliphatic carbocycles. The molecule has 4 heteroatoms. The van der Waals surface area contributed by atoms with Crippen LogP contribution in [0.1, 0.15) is 55.4 Å². The lowest BCUT2D eigenvalue weighted by atomic mass is 9.90. The minimum absolute atomic E-state index is 0.146. The van der Waals surface area contributed by atoms with E-state index in [-0.39, 0.29) is 11.2 Å². The number of rotatable bonds is 2. The molecule has 0 aromatic rings. The summed E-state index contributed by atoms with van der Waals surface area (Å²) < 4.78 is 10.3. The second-order valence-electron chi connectivity index (χ2n) is 6.40. The Morgan fingerprint density at radius 2 is 1.11 bits per heavy atom. The van der Waals surface area contributed by atoms with Gasteiger partial charge in [0.05, 0.1) is 22.4 Å². The number of aliphatic hydroxyl groups is 2. The second-order valence-corrected chi connectivity index (χ2v) is 6.40. The molecule has 0 radical (unpaired) electrons. The first-order valence-corrected chi connectivity index (χ1v) is 6.19. The van der Waals surface area contributed by atoms with Gasteiger partial charge in [0.15, 0.2) is 0 Å². The Bertz CT molecular complexity index is 225. The summed E-state index contributed by atoms with van der Waals surface area (Å²) in [5, 5.41) is 16.4. The fourth-order valence-corrected chi connectivity index (χ4v) is 0.862. The van der Waals surface area contributed by atoms with E-state index < -0.39 is 11.2 Å². The molecule has 0 unspecified atom stereocenters. The van der Waals surface area contributed by atoms with Crippen molar-refractivity contribution in [3.63, 3.8) is 0 Å².